The first-order chi connectivity index (χ1) is 13.8. The van der Waals surface area contributed by atoms with Crippen molar-refractivity contribution < 1.29 is 4.74 Å². The molecule has 1 heterocycles. The Balaban J connectivity index is 1.63. The molecule has 2 aromatic carbocycles. The van der Waals surface area contributed by atoms with Crippen LogP contribution < -0.4 is 4.74 Å². The van der Waals surface area contributed by atoms with Gasteiger partial charge >= 0.3 is 0 Å². The van der Waals surface area contributed by atoms with Gasteiger partial charge in [0.1, 0.15) is 11.6 Å². The van der Waals surface area contributed by atoms with Crippen LogP contribution in [0, 0.1) is 0 Å². The molecule has 0 N–H and O–H groups in total. The summed E-state index contributed by atoms with van der Waals surface area (Å²) in [5.74, 6) is 1.92. The summed E-state index contributed by atoms with van der Waals surface area (Å²) in [7, 11) is 1.71. The Morgan fingerprint density at radius 2 is 1.54 bits per heavy atom. The fraction of sp³-hybridized carbons (Fsp3) is 0.480. The van der Waals surface area contributed by atoms with Crippen LogP contribution >= 0.6 is 0 Å². The number of fused-ring (bicyclic) bond motifs is 1. The van der Waals surface area contributed by atoms with Gasteiger partial charge in [-0.3, -0.25) is 0 Å². The van der Waals surface area contributed by atoms with Crippen molar-refractivity contribution in [3.63, 3.8) is 0 Å². The quantitative estimate of drug-likeness (QED) is 0.310. The van der Waals surface area contributed by atoms with Crippen LogP contribution in [0.4, 0.5) is 0 Å². The van der Waals surface area contributed by atoms with Gasteiger partial charge in [-0.25, -0.2) is 4.98 Å². The number of hydrogen-bond acceptors (Lipinski definition) is 2. The summed E-state index contributed by atoms with van der Waals surface area (Å²) < 4.78 is 7.79. The Bertz CT molecular complexity index is 853. The van der Waals surface area contributed by atoms with E-state index in [1.54, 1.807) is 7.11 Å². The highest BCUT2D eigenvalue weighted by Crippen LogP contribution is 2.28. The minimum absolute atomic E-state index is 0.874. The topological polar surface area (TPSA) is 27.1 Å². The number of rotatable bonds is 12. The maximum Gasteiger partial charge on any atom is 0.141 e. The maximum absolute atomic E-state index is 5.41. The second-order valence-electron chi connectivity index (χ2n) is 7.64. The van der Waals surface area contributed by atoms with Crippen LogP contribution in [0.2, 0.25) is 0 Å². The van der Waals surface area contributed by atoms with Crippen molar-refractivity contribution in [1.29, 1.82) is 0 Å². The first kappa shape index (κ1) is 20.4. The molecule has 0 radical (unpaired) electrons. The minimum Gasteiger partial charge on any atom is -0.497 e. The largest absolute Gasteiger partial charge is 0.497 e. The van der Waals surface area contributed by atoms with Crippen LogP contribution in [-0.4, -0.2) is 16.7 Å². The van der Waals surface area contributed by atoms with Crippen molar-refractivity contribution >= 4 is 11.0 Å². The number of para-hydroxylation sites is 2. The standard InChI is InChI=1S/C25H34N2O/c1-3-4-5-6-7-8-9-10-13-19-27-24-18-12-11-17-23(24)26-25(27)21-15-14-16-22(20-21)28-2/h11-12,14-18,20H,3-10,13,19H2,1-2H3. The Kier molecular flexibility index (Phi) is 7.95. The molecule has 0 unspecified atom stereocenters. The number of unbranched alkanes of at least 4 members (excludes halogenated alkanes) is 8. The molecule has 28 heavy (non-hydrogen) atoms. The van der Waals surface area contributed by atoms with Gasteiger partial charge in [0.25, 0.3) is 0 Å². The number of ether oxygens (including phenoxy) is 1. The SMILES string of the molecule is CCCCCCCCCCCn1c(-c2cccc(OC)c2)nc2ccccc21. The molecule has 0 aliphatic heterocycles. The Morgan fingerprint density at radius 1 is 0.821 bits per heavy atom. The fourth-order valence-corrected chi connectivity index (χ4v) is 3.86. The first-order valence-corrected chi connectivity index (χ1v) is 10.9. The molecule has 0 aliphatic carbocycles. The molecule has 3 heteroatoms. The van der Waals surface area contributed by atoms with Gasteiger partial charge in [-0.1, -0.05) is 82.6 Å². The van der Waals surface area contributed by atoms with Crippen molar-refractivity contribution in [3.05, 3.63) is 48.5 Å². The van der Waals surface area contributed by atoms with Crippen molar-refractivity contribution in [2.45, 2.75) is 71.3 Å². The number of nitrogens with zero attached hydrogens (tertiary/aromatic N) is 2. The fourth-order valence-electron chi connectivity index (χ4n) is 3.86. The third-order valence-electron chi connectivity index (χ3n) is 5.47. The summed E-state index contributed by atoms with van der Waals surface area (Å²) in [6, 6.07) is 16.7. The Labute approximate surface area is 169 Å². The van der Waals surface area contributed by atoms with Crippen molar-refractivity contribution in [2.24, 2.45) is 0 Å². The zero-order chi connectivity index (χ0) is 19.6. The monoisotopic (exact) mass is 378 g/mol. The third-order valence-corrected chi connectivity index (χ3v) is 5.47. The van der Waals surface area contributed by atoms with E-state index in [1.165, 1.54) is 63.3 Å². The molecular weight excluding hydrogens is 344 g/mol. The molecule has 0 saturated heterocycles. The van der Waals surface area contributed by atoms with Gasteiger partial charge in [0.05, 0.1) is 18.1 Å². The van der Waals surface area contributed by atoms with Gasteiger partial charge in [0.2, 0.25) is 0 Å². The number of benzene rings is 2. The van der Waals surface area contributed by atoms with E-state index in [1.807, 2.05) is 12.1 Å². The molecular formula is C25H34N2O. The Hall–Kier alpha value is -2.29. The summed E-state index contributed by atoms with van der Waals surface area (Å²) in [6.45, 7) is 3.29. The molecule has 0 spiro atoms. The average Bonchev–Trinajstić information content (AvgIpc) is 3.11. The van der Waals surface area contributed by atoms with Crippen LogP contribution in [0.5, 0.6) is 5.75 Å². The molecule has 0 fully saturated rings. The summed E-state index contributed by atoms with van der Waals surface area (Å²) in [6.07, 6.45) is 12.1. The number of aryl methyl sites for hydroxylation is 1. The summed E-state index contributed by atoms with van der Waals surface area (Å²) in [5, 5.41) is 0. The van der Waals surface area contributed by atoms with E-state index in [2.05, 4.69) is 47.9 Å². The lowest BCUT2D eigenvalue weighted by atomic mass is 10.1. The van der Waals surface area contributed by atoms with E-state index in [9.17, 15) is 0 Å². The van der Waals surface area contributed by atoms with Gasteiger partial charge in [-0.05, 0) is 30.7 Å². The number of imidazole rings is 1. The second kappa shape index (κ2) is 10.9. The van der Waals surface area contributed by atoms with Crippen LogP contribution in [0.1, 0.15) is 64.7 Å². The normalized spacial score (nSPS) is 11.2. The second-order valence-corrected chi connectivity index (χ2v) is 7.64. The van der Waals surface area contributed by atoms with Crippen molar-refractivity contribution in [1.82, 2.24) is 9.55 Å². The van der Waals surface area contributed by atoms with E-state index in [-0.39, 0.29) is 0 Å². The molecule has 150 valence electrons. The molecule has 0 aliphatic rings. The lowest BCUT2D eigenvalue weighted by molar-refractivity contribution is 0.415. The highest BCUT2D eigenvalue weighted by atomic mass is 16.5. The van der Waals surface area contributed by atoms with E-state index >= 15 is 0 Å². The average molecular weight is 379 g/mol. The molecule has 3 nitrogen and oxygen atoms in total. The summed E-state index contributed by atoms with van der Waals surface area (Å²) in [4.78, 5) is 4.92. The predicted molar refractivity (Wildman–Crippen MR) is 119 cm³/mol. The molecule has 0 saturated carbocycles. The van der Waals surface area contributed by atoms with Gasteiger partial charge < -0.3 is 9.30 Å². The molecule has 1 aromatic heterocycles. The molecule has 0 bridgehead atoms. The number of hydrogen-bond donors (Lipinski definition) is 0. The molecule has 3 aromatic rings. The maximum atomic E-state index is 5.41. The van der Waals surface area contributed by atoms with E-state index in [0.29, 0.717) is 0 Å². The van der Waals surface area contributed by atoms with Gasteiger partial charge in [-0.15, -0.1) is 0 Å². The van der Waals surface area contributed by atoms with Crippen molar-refractivity contribution in [3.8, 4) is 17.1 Å². The Morgan fingerprint density at radius 3 is 2.29 bits per heavy atom. The zero-order valence-electron chi connectivity index (χ0n) is 17.5. The van der Waals surface area contributed by atoms with Gasteiger partial charge in [0.15, 0.2) is 0 Å². The molecule has 0 atom stereocenters. The van der Waals surface area contributed by atoms with Gasteiger partial charge in [-0.2, -0.15) is 0 Å². The van der Waals surface area contributed by atoms with E-state index < -0.39 is 0 Å². The lowest BCUT2D eigenvalue weighted by Gasteiger charge is -2.10. The summed E-state index contributed by atoms with van der Waals surface area (Å²) in [5.41, 5.74) is 3.41. The van der Waals surface area contributed by atoms with E-state index in [0.717, 1.165) is 29.2 Å². The number of aromatic nitrogens is 2. The van der Waals surface area contributed by atoms with Crippen molar-refractivity contribution in [2.75, 3.05) is 7.11 Å². The smallest absolute Gasteiger partial charge is 0.141 e. The molecule has 0 amide bonds. The van der Waals surface area contributed by atoms with Crippen LogP contribution in [0.15, 0.2) is 48.5 Å². The first-order valence-electron chi connectivity index (χ1n) is 10.9. The summed E-state index contributed by atoms with van der Waals surface area (Å²) >= 11 is 0. The van der Waals surface area contributed by atoms with Crippen LogP contribution in [0.3, 0.4) is 0 Å². The van der Waals surface area contributed by atoms with Gasteiger partial charge in [0, 0.05) is 12.1 Å². The third kappa shape index (κ3) is 5.37. The van der Waals surface area contributed by atoms with Crippen LogP contribution in [0.25, 0.3) is 22.4 Å². The highest BCUT2D eigenvalue weighted by Gasteiger charge is 2.12. The lowest BCUT2D eigenvalue weighted by Crippen LogP contribution is -2.01. The molecule has 3 rings (SSSR count). The zero-order valence-corrected chi connectivity index (χ0v) is 17.5. The minimum atomic E-state index is 0.874. The van der Waals surface area contributed by atoms with Crippen LogP contribution in [-0.2, 0) is 6.54 Å². The number of methoxy groups -OCH3 is 1. The predicted octanol–water partition coefficient (Wildman–Crippen LogP) is 7.24. The highest BCUT2D eigenvalue weighted by molar-refractivity contribution is 5.80. The van der Waals surface area contributed by atoms with E-state index in [4.69, 9.17) is 9.72 Å².